The lowest BCUT2D eigenvalue weighted by atomic mass is 9.83. The number of nitrogens with zero attached hydrogens (tertiary/aromatic N) is 3. The Morgan fingerprint density at radius 3 is 2.36 bits per heavy atom. The first-order chi connectivity index (χ1) is 19.8. The topological polar surface area (TPSA) is 140 Å². The van der Waals surface area contributed by atoms with Crippen molar-refractivity contribution >= 4 is 17.8 Å². The maximum absolute atomic E-state index is 13.8. The first-order valence-corrected chi connectivity index (χ1v) is 13.5. The third kappa shape index (κ3) is 4.82. The largest absolute Gasteiger partial charge is 0.483 e. The predicted molar refractivity (Wildman–Crippen MR) is 151 cm³/mol. The molecule has 2 aromatic carbocycles. The molecule has 3 aromatic rings. The molecule has 1 N–H and O–H groups in total. The summed E-state index contributed by atoms with van der Waals surface area (Å²) in [5.74, 6) is -0.421. The number of hydrogen-bond donors (Lipinski definition) is 1. The number of hydrogen-bond acceptors (Lipinski definition) is 8. The van der Waals surface area contributed by atoms with Gasteiger partial charge in [-0.3, -0.25) is 4.79 Å². The van der Waals surface area contributed by atoms with Gasteiger partial charge in [-0.2, -0.15) is 0 Å². The molecule has 0 bridgehead atoms. The van der Waals surface area contributed by atoms with Crippen LogP contribution in [0.15, 0.2) is 63.7 Å². The van der Waals surface area contributed by atoms with Gasteiger partial charge in [-0.15, -0.1) is 0 Å². The van der Waals surface area contributed by atoms with Crippen LogP contribution in [-0.4, -0.2) is 50.5 Å². The number of allylic oxidation sites excluding steroid dienone is 1. The van der Waals surface area contributed by atoms with Crippen LogP contribution in [0, 0.1) is 5.92 Å². The highest BCUT2D eigenvalue weighted by Gasteiger charge is 2.44. The van der Waals surface area contributed by atoms with Gasteiger partial charge in [0.25, 0.3) is 0 Å². The molecule has 2 aliphatic rings. The van der Waals surface area contributed by atoms with E-state index >= 15 is 0 Å². The number of fused-ring (bicyclic) bond motifs is 5. The number of carbonyl (C=O) groups is 3. The zero-order valence-electron chi connectivity index (χ0n) is 24.2. The molecule has 1 unspecified atom stereocenters. The third-order valence-electron chi connectivity index (χ3n) is 7.56. The average Bonchev–Trinajstić information content (AvgIpc) is 3.20. The Morgan fingerprint density at radius 2 is 1.74 bits per heavy atom. The Balaban J connectivity index is 1.52. The highest BCUT2D eigenvalue weighted by molar-refractivity contribution is 5.94. The number of ketones is 1. The zero-order chi connectivity index (χ0) is 30.5. The average molecular weight is 577 g/mol. The van der Waals surface area contributed by atoms with Crippen molar-refractivity contribution in [2.45, 2.75) is 58.8 Å². The van der Waals surface area contributed by atoms with Gasteiger partial charge in [-0.1, -0.05) is 19.9 Å². The molecular formula is C30H32N4O8. The molecule has 0 fully saturated rings. The summed E-state index contributed by atoms with van der Waals surface area (Å²) in [7, 11) is 1.24. The first kappa shape index (κ1) is 28.7. The number of esters is 1. The fourth-order valence-corrected chi connectivity index (χ4v) is 5.39. The van der Waals surface area contributed by atoms with E-state index in [1.807, 2.05) is 19.9 Å². The second-order valence-corrected chi connectivity index (χ2v) is 11.1. The zero-order valence-corrected chi connectivity index (χ0v) is 24.2. The minimum Gasteiger partial charge on any atom is -0.483 e. The maximum atomic E-state index is 13.8. The van der Waals surface area contributed by atoms with E-state index < -0.39 is 41.1 Å². The molecule has 2 atom stereocenters. The van der Waals surface area contributed by atoms with Crippen molar-refractivity contribution in [2.24, 2.45) is 5.92 Å². The quantitative estimate of drug-likeness (QED) is 0.268. The minimum absolute atomic E-state index is 0.124. The molecule has 1 aromatic heterocycles. The molecule has 0 aliphatic carbocycles. The number of benzene rings is 2. The van der Waals surface area contributed by atoms with Crippen LogP contribution in [0.2, 0.25) is 0 Å². The van der Waals surface area contributed by atoms with Crippen molar-refractivity contribution in [1.82, 2.24) is 19.2 Å². The number of methoxy groups -OCH3 is 1. The van der Waals surface area contributed by atoms with Gasteiger partial charge in [0.05, 0.1) is 19.3 Å². The van der Waals surface area contributed by atoms with Gasteiger partial charge >= 0.3 is 23.4 Å². The molecule has 1 amide bonds. The number of ether oxygens (including phenoxy) is 3. The number of amides is 1. The molecule has 42 heavy (non-hydrogen) atoms. The lowest BCUT2D eigenvalue weighted by molar-refractivity contribution is -0.144. The van der Waals surface area contributed by atoms with Gasteiger partial charge < -0.3 is 19.5 Å². The number of rotatable bonds is 6. The van der Waals surface area contributed by atoms with Crippen molar-refractivity contribution in [2.75, 3.05) is 7.11 Å². The van der Waals surface area contributed by atoms with Gasteiger partial charge in [0, 0.05) is 17.2 Å². The summed E-state index contributed by atoms with van der Waals surface area (Å²) in [4.78, 5) is 63.7. The molecule has 12 heteroatoms. The smallest absolute Gasteiger partial charge is 0.413 e. The summed E-state index contributed by atoms with van der Waals surface area (Å²) in [6.45, 7) is 8.85. The van der Waals surface area contributed by atoms with Gasteiger partial charge in [0.1, 0.15) is 29.2 Å². The second-order valence-electron chi connectivity index (χ2n) is 11.1. The number of nitrogens with one attached hydrogen (secondary N) is 1. The van der Waals surface area contributed by atoms with Gasteiger partial charge in [0.2, 0.25) is 0 Å². The molecule has 5 rings (SSSR count). The van der Waals surface area contributed by atoms with Crippen LogP contribution in [0.5, 0.6) is 11.5 Å². The molecule has 0 spiro atoms. The third-order valence-corrected chi connectivity index (χ3v) is 7.56. The minimum atomic E-state index is -0.892. The van der Waals surface area contributed by atoms with Gasteiger partial charge in [-0.05, 0) is 68.7 Å². The van der Waals surface area contributed by atoms with E-state index in [0.29, 0.717) is 22.6 Å². The standard InChI is InChI=1S/C30H32N4O8/c1-16(2)24(26(36)40-6)31-27(37)41-20-11-12-21-23(15-20)42-30(4,5)22-13-14-32-28(38)33(29(39)34(32)25(21)22)19-9-7-18(8-10-19)17(3)35/h7-13,15-16,24-25H,14H2,1-6H3,(H,31,37)/t24-,25?/m0/s1. The van der Waals surface area contributed by atoms with Gasteiger partial charge in [0.15, 0.2) is 5.78 Å². The lowest BCUT2D eigenvalue weighted by Gasteiger charge is -2.42. The number of Topliss-reactive ketones (excluding diaryl/α,β-unsaturated/α-hetero) is 1. The van der Waals surface area contributed by atoms with Crippen LogP contribution in [0.3, 0.4) is 0 Å². The summed E-state index contributed by atoms with van der Waals surface area (Å²) in [5, 5.41) is 2.52. The Hall–Kier alpha value is -4.87. The molecule has 0 radical (unpaired) electrons. The number of aromatic nitrogens is 3. The normalized spacial score (nSPS) is 17.1. The molecule has 0 saturated heterocycles. The predicted octanol–water partition coefficient (Wildman–Crippen LogP) is 2.99. The van der Waals surface area contributed by atoms with Crippen LogP contribution in [0.4, 0.5) is 4.79 Å². The van der Waals surface area contributed by atoms with Crippen molar-refractivity contribution in [3.63, 3.8) is 0 Å². The van der Waals surface area contributed by atoms with Crippen molar-refractivity contribution in [3.8, 4) is 17.2 Å². The van der Waals surface area contributed by atoms with E-state index in [0.717, 1.165) is 10.1 Å². The molecule has 12 nitrogen and oxygen atoms in total. The first-order valence-electron chi connectivity index (χ1n) is 13.5. The highest BCUT2D eigenvalue weighted by Crippen LogP contribution is 2.47. The summed E-state index contributed by atoms with van der Waals surface area (Å²) in [6.07, 6.45) is 1.04. The van der Waals surface area contributed by atoms with E-state index in [-0.39, 0.29) is 24.0 Å². The van der Waals surface area contributed by atoms with Crippen LogP contribution in [-0.2, 0) is 16.1 Å². The van der Waals surface area contributed by atoms with Crippen molar-refractivity contribution < 1.29 is 28.6 Å². The van der Waals surface area contributed by atoms with E-state index in [1.54, 1.807) is 50.2 Å². The van der Waals surface area contributed by atoms with Crippen LogP contribution >= 0.6 is 0 Å². The monoisotopic (exact) mass is 576 g/mol. The fraction of sp³-hybridized carbons (Fsp3) is 0.367. The molecule has 220 valence electrons. The van der Waals surface area contributed by atoms with Crippen LogP contribution < -0.4 is 26.2 Å². The molecule has 0 saturated carbocycles. The maximum Gasteiger partial charge on any atom is 0.413 e. The highest BCUT2D eigenvalue weighted by atomic mass is 16.6. The summed E-state index contributed by atoms with van der Waals surface area (Å²) >= 11 is 0. The summed E-state index contributed by atoms with van der Waals surface area (Å²) in [6, 6.07) is 9.51. The Morgan fingerprint density at radius 1 is 1.05 bits per heavy atom. The van der Waals surface area contributed by atoms with E-state index in [1.165, 1.54) is 29.5 Å². The van der Waals surface area contributed by atoms with Crippen molar-refractivity contribution in [1.29, 1.82) is 0 Å². The second kappa shape index (κ2) is 10.5. The van der Waals surface area contributed by atoms with E-state index in [2.05, 4.69) is 5.32 Å². The summed E-state index contributed by atoms with van der Waals surface area (Å²) < 4.78 is 20.4. The Kier molecular flexibility index (Phi) is 7.17. The lowest BCUT2D eigenvalue weighted by Crippen LogP contribution is -2.46. The molecule has 2 aliphatic heterocycles. The SMILES string of the molecule is COC(=O)[C@@H](NC(=O)Oc1ccc2c(c1)OC(C)(C)C1=CCn3c(=O)n(-c4ccc(C(C)=O)cc4)c(=O)n3C12)C(C)C. The Labute approximate surface area is 241 Å². The Bertz CT molecular complexity index is 1740. The summed E-state index contributed by atoms with van der Waals surface area (Å²) in [5.41, 5.74) is 0.289. The van der Waals surface area contributed by atoms with E-state index in [4.69, 9.17) is 14.2 Å². The fourth-order valence-electron chi connectivity index (χ4n) is 5.39. The molecule has 3 heterocycles. The number of carbonyl (C=O) groups excluding carboxylic acids is 3. The van der Waals surface area contributed by atoms with Crippen LogP contribution in [0.1, 0.15) is 56.6 Å². The van der Waals surface area contributed by atoms with Gasteiger partial charge in [-0.25, -0.2) is 33.1 Å². The van der Waals surface area contributed by atoms with Crippen molar-refractivity contribution in [3.05, 3.63) is 86.2 Å². The molecular weight excluding hydrogens is 544 g/mol. The van der Waals surface area contributed by atoms with E-state index in [9.17, 15) is 24.0 Å². The van der Waals surface area contributed by atoms with Crippen LogP contribution in [0.25, 0.3) is 5.69 Å².